The minimum atomic E-state index is -0.410. The molecule has 0 aliphatic carbocycles. The average molecular weight is 334 g/mol. The van der Waals surface area contributed by atoms with Crippen molar-refractivity contribution in [1.82, 2.24) is 19.4 Å². The highest BCUT2D eigenvalue weighted by molar-refractivity contribution is 5.91. The van der Waals surface area contributed by atoms with Crippen molar-refractivity contribution in [2.24, 2.45) is 14.1 Å². The van der Waals surface area contributed by atoms with Crippen LogP contribution in [0.15, 0.2) is 21.9 Å². The van der Waals surface area contributed by atoms with E-state index in [0.717, 1.165) is 30.5 Å². The molecule has 2 rings (SSSR count). The predicted molar refractivity (Wildman–Crippen MR) is 93.8 cm³/mol. The van der Waals surface area contributed by atoms with Crippen LogP contribution >= 0.6 is 0 Å². The Bertz CT molecular complexity index is 737. The van der Waals surface area contributed by atoms with Crippen molar-refractivity contribution in [2.75, 3.05) is 13.1 Å². The number of carbonyl (C=O) groups is 1. The van der Waals surface area contributed by atoms with Crippen molar-refractivity contribution in [3.05, 3.63) is 38.7 Å². The molecular weight excluding hydrogens is 308 g/mol. The minimum Gasteiger partial charge on any atom is -0.350 e. The van der Waals surface area contributed by atoms with Crippen LogP contribution in [0.5, 0.6) is 0 Å². The van der Waals surface area contributed by atoms with Crippen LogP contribution in [0.3, 0.4) is 0 Å². The molecule has 7 nitrogen and oxygen atoms in total. The first-order chi connectivity index (χ1) is 11.3. The van der Waals surface area contributed by atoms with Crippen molar-refractivity contribution in [3.8, 4) is 0 Å². The third kappa shape index (κ3) is 4.23. The van der Waals surface area contributed by atoms with Crippen LogP contribution in [-0.2, 0) is 18.9 Å². The van der Waals surface area contributed by atoms with Crippen LogP contribution in [0.25, 0.3) is 6.08 Å². The van der Waals surface area contributed by atoms with Crippen LogP contribution in [0.1, 0.15) is 32.3 Å². The van der Waals surface area contributed by atoms with Crippen molar-refractivity contribution in [2.45, 2.75) is 38.8 Å². The number of likely N-dealkylation sites (tertiary alicyclic amines) is 1. The number of nitrogens with zero attached hydrogens (tertiary/aromatic N) is 3. The molecule has 7 heteroatoms. The van der Waals surface area contributed by atoms with Crippen LogP contribution in [-0.4, -0.2) is 45.1 Å². The van der Waals surface area contributed by atoms with Gasteiger partial charge in [-0.1, -0.05) is 0 Å². The third-order valence-electron chi connectivity index (χ3n) is 4.49. The molecule has 2 heterocycles. The summed E-state index contributed by atoms with van der Waals surface area (Å²) in [5.41, 5.74) is -0.490. The summed E-state index contributed by atoms with van der Waals surface area (Å²) in [5.74, 6) is -0.214. The second-order valence-corrected chi connectivity index (χ2v) is 6.59. The van der Waals surface area contributed by atoms with E-state index in [4.69, 9.17) is 0 Å². The largest absolute Gasteiger partial charge is 0.350 e. The Morgan fingerprint density at radius 3 is 2.46 bits per heavy atom. The molecule has 1 aliphatic rings. The molecule has 0 bridgehead atoms. The number of aryl methyl sites for hydroxylation is 1. The summed E-state index contributed by atoms with van der Waals surface area (Å²) in [7, 11) is 2.99. The molecule has 1 aromatic rings. The van der Waals surface area contributed by atoms with Gasteiger partial charge in [0.2, 0.25) is 5.91 Å². The van der Waals surface area contributed by atoms with E-state index in [0.29, 0.717) is 11.6 Å². The minimum absolute atomic E-state index is 0.167. The van der Waals surface area contributed by atoms with Gasteiger partial charge in [-0.3, -0.25) is 14.2 Å². The lowest BCUT2D eigenvalue weighted by atomic mass is 10.0. The molecule has 1 fully saturated rings. The molecule has 0 spiro atoms. The molecular formula is C17H26N4O3. The highest BCUT2D eigenvalue weighted by atomic mass is 16.2. The van der Waals surface area contributed by atoms with Crippen molar-refractivity contribution in [1.29, 1.82) is 0 Å². The first-order valence-electron chi connectivity index (χ1n) is 8.29. The van der Waals surface area contributed by atoms with E-state index in [1.54, 1.807) is 7.05 Å². The number of hydrogen-bond acceptors (Lipinski definition) is 4. The van der Waals surface area contributed by atoms with Gasteiger partial charge in [-0.2, -0.15) is 0 Å². The molecule has 0 unspecified atom stereocenters. The van der Waals surface area contributed by atoms with E-state index in [1.165, 1.54) is 30.0 Å². The van der Waals surface area contributed by atoms with E-state index in [-0.39, 0.29) is 11.9 Å². The Labute approximate surface area is 141 Å². The van der Waals surface area contributed by atoms with E-state index < -0.39 is 11.2 Å². The Hall–Kier alpha value is -2.15. The van der Waals surface area contributed by atoms with Gasteiger partial charge in [-0.25, -0.2) is 4.79 Å². The summed E-state index contributed by atoms with van der Waals surface area (Å²) in [5, 5.41) is 2.98. The zero-order valence-electron chi connectivity index (χ0n) is 14.8. The molecule has 1 amide bonds. The quantitative estimate of drug-likeness (QED) is 0.792. The lowest BCUT2D eigenvalue weighted by molar-refractivity contribution is -0.117. The predicted octanol–water partition coefficient (Wildman–Crippen LogP) is 0.0862. The van der Waals surface area contributed by atoms with Crippen LogP contribution in [0, 0.1) is 0 Å². The summed E-state index contributed by atoms with van der Waals surface area (Å²) >= 11 is 0. The van der Waals surface area contributed by atoms with Gasteiger partial charge in [0, 0.05) is 51.5 Å². The van der Waals surface area contributed by atoms with Crippen molar-refractivity contribution < 1.29 is 4.79 Å². The number of hydrogen-bond donors (Lipinski definition) is 1. The molecule has 1 aromatic heterocycles. The van der Waals surface area contributed by atoms with Gasteiger partial charge >= 0.3 is 5.69 Å². The number of nitrogens with one attached hydrogen (secondary N) is 1. The number of amides is 1. The highest BCUT2D eigenvalue weighted by Gasteiger charge is 2.21. The Morgan fingerprint density at radius 1 is 1.25 bits per heavy atom. The Morgan fingerprint density at radius 2 is 1.88 bits per heavy atom. The van der Waals surface area contributed by atoms with Gasteiger partial charge in [0.15, 0.2) is 0 Å². The second-order valence-electron chi connectivity index (χ2n) is 6.59. The number of rotatable bonds is 4. The van der Waals surface area contributed by atoms with Gasteiger partial charge in [0.1, 0.15) is 0 Å². The summed E-state index contributed by atoms with van der Waals surface area (Å²) in [6.45, 7) is 6.31. The maximum Gasteiger partial charge on any atom is 0.330 e. The van der Waals surface area contributed by atoms with E-state index in [9.17, 15) is 14.4 Å². The maximum atomic E-state index is 12.1. The summed E-state index contributed by atoms with van der Waals surface area (Å²) in [6, 6.07) is 0.697. The van der Waals surface area contributed by atoms with Crippen molar-refractivity contribution >= 4 is 12.0 Å². The molecule has 0 aromatic carbocycles. The number of piperidine rings is 1. The molecule has 24 heavy (non-hydrogen) atoms. The van der Waals surface area contributed by atoms with Gasteiger partial charge in [0.25, 0.3) is 5.56 Å². The molecule has 0 radical (unpaired) electrons. The van der Waals surface area contributed by atoms with E-state index in [1.807, 2.05) is 0 Å². The zero-order valence-corrected chi connectivity index (χ0v) is 14.8. The van der Waals surface area contributed by atoms with Gasteiger partial charge in [-0.15, -0.1) is 0 Å². The standard InChI is InChI=1S/C17H26N4O3/c1-12(2)21-9-7-14(8-10-21)18-15(22)6-5-13-11-19(3)17(24)20(4)16(13)23/h5-6,11-12,14H,7-10H2,1-4H3,(H,18,22)/b6-5+. The van der Waals surface area contributed by atoms with Gasteiger partial charge in [-0.05, 0) is 32.8 Å². The van der Waals surface area contributed by atoms with E-state index in [2.05, 4.69) is 24.1 Å². The summed E-state index contributed by atoms with van der Waals surface area (Å²) in [4.78, 5) is 38.1. The van der Waals surface area contributed by atoms with Crippen molar-refractivity contribution in [3.63, 3.8) is 0 Å². The second kappa shape index (κ2) is 7.61. The Kier molecular flexibility index (Phi) is 5.77. The normalized spacial score (nSPS) is 16.9. The topological polar surface area (TPSA) is 76.3 Å². The maximum absolute atomic E-state index is 12.1. The molecule has 1 saturated heterocycles. The smallest absolute Gasteiger partial charge is 0.330 e. The zero-order chi connectivity index (χ0) is 17.9. The fraction of sp³-hybridized carbons (Fsp3) is 0.588. The highest BCUT2D eigenvalue weighted by Crippen LogP contribution is 2.12. The fourth-order valence-electron chi connectivity index (χ4n) is 2.93. The molecule has 132 valence electrons. The van der Waals surface area contributed by atoms with Crippen LogP contribution < -0.4 is 16.6 Å². The summed E-state index contributed by atoms with van der Waals surface area (Å²) in [6.07, 6.45) is 6.12. The first kappa shape index (κ1) is 18.2. The van der Waals surface area contributed by atoms with Gasteiger partial charge < -0.3 is 14.8 Å². The lowest BCUT2D eigenvalue weighted by Crippen LogP contribution is -2.46. The SMILES string of the molecule is CC(C)N1CCC(NC(=O)/C=C/c2cn(C)c(=O)n(C)c2=O)CC1. The average Bonchev–Trinajstić information content (AvgIpc) is 2.55. The fourth-order valence-corrected chi connectivity index (χ4v) is 2.93. The molecule has 1 N–H and O–H groups in total. The van der Waals surface area contributed by atoms with Crippen LogP contribution in [0.4, 0.5) is 0 Å². The lowest BCUT2D eigenvalue weighted by Gasteiger charge is -2.34. The molecule has 0 atom stereocenters. The van der Waals surface area contributed by atoms with Gasteiger partial charge in [0.05, 0.1) is 5.56 Å². The monoisotopic (exact) mass is 334 g/mol. The summed E-state index contributed by atoms with van der Waals surface area (Å²) < 4.78 is 2.35. The first-order valence-corrected chi connectivity index (χ1v) is 8.29. The molecule has 1 aliphatic heterocycles. The van der Waals surface area contributed by atoms with Crippen LogP contribution in [0.2, 0.25) is 0 Å². The Balaban J connectivity index is 1.97. The molecule has 0 saturated carbocycles. The number of carbonyl (C=O) groups excluding carboxylic acids is 1. The number of aromatic nitrogens is 2. The van der Waals surface area contributed by atoms with E-state index >= 15 is 0 Å². The third-order valence-corrected chi connectivity index (χ3v) is 4.49.